The lowest BCUT2D eigenvalue weighted by Crippen LogP contribution is -2.35. The first-order chi connectivity index (χ1) is 9.70. The van der Waals surface area contributed by atoms with Gasteiger partial charge in [0.1, 0.15) is 5.75 Å². The van der Waals surface area contributed by atoms with Crippen LogP contribution in [0.2, 0.25) is 0 Å². The molecule has 2 aromatic rings. The van der Waals surface area contributed by atoms with E-state index in [-0.39, 0.29) is 5.91 Å². The highest BCUT2D eigenvalue weighted by Crippen LogP contribution is 2.15. The van der Waals surface area contributed by atoms with Crippen molar-refractivity contribution in [3.05, 3.63) is 66.5 Å². The van der Waals surface area contributed by atoms with Gasteiger partial charge in [0.15, 0.2) is 0 Å². The molecule has 0 saturated heterocycles. The minimum atomic E-state index is -0.271. The number of methoxy groups -OCH3 is 1. The molecular weight excluding hydrogens is 254 g/mol. The number of nitrogens with one attached hydrogen (secondary N) is 2. The molecular formula is C15H15N3O2. The van der Waals surface area contributed by atoms with Crippen LogP contribution in [0.4, 0.5) is 0 Å². The number of amides is 1. The number of benzene rings is 1. The van der Waals surface area contributed by atoms with E-state index in [1.54, 1.807) is 25.4 Å². The molecule has 0 fully saturated rings. The molecule has 0 unspecified atom stereocenters. The second-order valence-electron chi connectivity index (χ2n) is 4.03. The molecule has 0 bridgehead atoms. The zero-order valence-corrected chi connectivity index (χ0v) is 11.1. The second kappa shape index (κ2) is 6.38. The van der Waals surface area contributed by atoms with E-state index >= 15 is 0 Å². The zero-order chi connectivity index (χ0) is 14.4. The van der Waals surface area contributed by atoms with Gasteiger partial charge in [-0.1, -0.05) is 6.58 Å². The molecule has 5 nitrogen and oxygen atoms in total. The molecule has 0 saturated carbocycles. The summed E-state index contributed by atoms with van der Waals surface area (Å²) in [5.41, 5.74) is 7.26. The Hall–Kier alpha value is -2.82. The van der Waals surface area contributed by atoms with E-state index in [4.69, 9.17) is 4.74 Å². The molecule has 5 heteroatoms. The van der Waals surface area contributed by atoms with Crippen molar-refractivity contribution in [2.45, 2.75) is 0 Å². The quantitative estimate of drug-likeness (QED) is 0.815. The molecule has 1 aromatic heterocycles. The van der Waals surface area contributed by atoms with Crippen LogP contribution < -0.4 is 15.6 Å². The Balaban J connectivity index is 1.93. The first kappa shape index (κ1) is 13.6. The minimum Gasteiger partial charge on any atom is -0.497 e. The van der Waals surface area contributed by atoms with Crippen molar-refractivity contribution in [2.24, 2.45) is 0 Å². The number of carbonyl (C=O) groups is 1. The average Bonchev–Trinajstić information content (AvgIpc) is 2.53. The number of hydrazine groups is 1. The number of carbonyl (C=O) groups excluding carboxylic acids is 1. The lowest BCUT2D eigenvalue weighted by Gasteiger charge is -2.11. The van der Waals surface area contributed by atoms with Crippen LogP contribution in [0.1, 0.15) is 15.9 Å². The summed E-state index contributed by atoms with van der Waals surface area (Å²) in [5.74, 6) is 0.494. The van der Waals surface area contributed by atoms with Gasteiger partial charge in [0, 0.05) is 12.4 Å². The largest absolute Gasteiger partial charge is 0.497 e. The van der Waals surface area contributed by atoms with Crippen LogP contribution in [0.3, 0.4) is 0 Å². The fourth-order valence-corrected chi connectivity index (χ4v) is 1.57. The molecule has 0 aliphatic rings. The summed E-state index contributed by atoms with van der Waals surface area (Å²) >= 11 is 0. The van der Waals surface area contributed by atoms with Crippen LogP contribution in [0, 0.1) is 0 Å². The van der Waals surface area contributed by atoms with Crippen molar-refractivity contribution in [3.63, 3.8) is 0 Å². The molecule has 1 aromatic carbocycles. The van der Waals surface area contributed by atoms with Crippen molar-refractivity contribution in [1.82, 2.24) is 15.8 Å². The van der Waals surface area contributed by atoms with Crippen molar-refractivity contribution < 1.29 is 9.53 Å². The molecule has 0 aliphatic heterocycles. The Morgan fingerprint density at radius 1 is 1.15 bits per heavy atom. The molecule has 2 N–H and O–H groups in total. The van der Waals surface area contributed by atoms with Gasteiger partial charge in [0.05, 0.1) is 18.4 Å². The number of aromatic nitrogens is 1. The number of rotatable bonds is 5. The van der Waals surface area contributed by atoms with Gasteiger partial charge in [0.2, 0.25) is 0 Å². The van der Waals surface area contributed by atoms with E-state index in [1.807, 2.05) is 24.3 Å². The minimum absolute atomic E-state index is 0.271. The third kappa shape index (κ3) is 3.35. The number of nitrogens with zero attached hydrogens (tertiary/aromatic N) is 1. The van der Waals surface area contributed by atoms with Crippen molar-refractivity contribution in [2.75, 3.05) is 7.11 Å². The van der Waals surface area contributed by atoms with Crippen molar-refractivity contribution in [3.8, 4) is 5.75 Å². The summed E-state index contributed by atoms with van der Waals surface area (Å²) in [4.78, 5) is 15.7. The number of hydrogen-bond acceptors (Lipinski definition) is 4. The van der Waals surface area contributed by atoms with Gasteiger partial charge >= 0.3 is 0 Å². The third-order valence-corrected chi connectivity index (χ3v) is 2.69. The van der Waals surface area contributed by atoms with Gasteiger partial charge in [0.25, 0.3) is 5.91 Å². The first-order valence-corrected chi connectivity index (χ1v) is 6.00. The highest BCUT2D eigenvalue weighted by Gasteiger charge is 2.05. The Morgan fingerprint density at radius 2 is 1.90 bits per heavy atom. The van der Waals surface area contributed by atoms with Crippen molar-refractivity contribution in [1.29, 1.82) is 0 Å². The normalized spacial score (nSPS) is 9.65. The van der Waals surface area contributed by atoms with Crippen molar-refractivity contribution >= 4 is 11.6 Å². The molecule has 1 amide bonds. The maximum absolute atomic E-state index is 11.8. The molecule has 2 rings (SSSR count). The molecule has 102 valence electrons. The molecule has 0 spiro atoms. The van der Waals surface area contributed by atoms with E-state index < -0.39 is 0 Å². The fraction of sp³-hybridized carbons (Fsp3) is 0.0667. The SMILES string of the molecule is C=C(NNC(=O)c1cccnc1)c1ccc(OC)cc1. The van der Waals surface area contributed by atoms with E-state index in [9.17, 15) is 4.79 Å². The Labute approximate surface area is 117 Å². The lowest BCUT2D eigenvalue weighted by atomic mass is 10.2. The maximum atomic E-state index is 11.8. The zero-order valence-electron chi connectivity index (χ0n) is 11.1. The summed E-state index contributed by atoms with van der Waals surface area (Å²) in [5, 5.41) is 0. The van der Waals surface area contributed by atoms with Gasteiger partial charge in [-0.3, -0.25) is 20.6 Å². The summed E-state index contributed by atoms with van der Waals surface area (Å²) in [6.07, 6.45) is 3.10. The van der Waals surface area contributed by atoms with E-state index in [0.29, 0.717) is 11.3 Å². The predicted octanol–water partition coefficient (Wildman–Crippen LogP) is 2.00. The summed E-state index contributed by atoms with van der Waals surface area (Å²) < 4.78 is 5.08. The predicted molar refractivity (Wildman–Crippen MR) is 76.9 cm³/mol. The molecule has 0 aliphatic carbocycles. The molecule has 0 atom stereocenters. The second-order valence-corrected chi connectivity index (χ2v) is 4.03. The van der Waals surface area contributed by atoms with Crippen LogP contribution in [0.25, 0.3) is 5.70 Å². The monoisotopic (exact) mass is 269 g/mol. The Kier molecular flexibility index (Phi) is 4.34. The topological polar surface area (TPSA) is 63.2 Å². The Morgan fingerprint density at radius 3 is 2.50 bits per heavy atom. The summed E-state index contributed by atoms with van der Waals surface area (Å²) in [6.45, 7) is 3.86. The lowest BCUT2D eigenvalue weighted by molar-refractivity contribution is 0.0942. The smallest absolute Gasteiger partial charge is 0.271 e. The van der Waals surface area contributed by atoms with Gasteiger partial charge in [-0.05, 0) is 42.0 Å². The molecule has 1 heterocycles. The maximum Gasteiger partial charge on any atom is 0.271 e. The number of hydrogen-bond donors (Lipinski definition) is 2. The Bertz CT molecular complexity index is 594. The fourth-order valence-electron chi connectivity index (χ4n) is 1.57. The average molecular weight is 269 g/mol. The van der Waals surface area contributed by atoms with Gasteiger partial charge in [-0.15, -0.1) is 0 Å². The molecule has 20 heavy (non-hydrogen) atoms. The van der Waals surface area contributed by atoms with Crippen LogP contribution in [0.5, 0.6) is 5.75 Å². The summed E-state index contributed by atoms with van der Waals surface area (Å²) in [6, 6.07) is 10.7. The van der Waals surface area contributed by atoms with Gasteiger partial charge in [-0.2, -0.15) is 0 Å². The summed E-state index contributed by atoms with van der Waals surface area (Å²) in [7, 11) is 1.61. The van der Waals surface area contributed by atoms with E-state index in [0.717, 1.165) is 11.3 Å². The van der Waals surface area contributed by atoms with Crippen LogP contribution in [-0.4, -0.2) is 18.0 Å². The van der Waals surface area contributed by atoms with Crippen LogP contribution in [0.15, 0.2) is 55.4 Å². The van der Waals surface area contributed by atoms with Gasteiger partial charge < -0.3 is 4.74 Å². The van der Waals surface area contributed by atoms with E-state index in [1.165, 1.54) is 6.20 Å². The highest BCUT2D eigenvalue weighted by molar-refractivity contribution is 5.94. The van der Waals surface area contributed by atoms with Crippen LogP contribution >= 0.6 is 0 Å². The highest BCUT2D eigenvalue weighted by atomic mass is 16.5. The first-order valence-electron chi connectivity index (χ1n) is 6.00. The van der Waals surface area contributed by atoms with Crippen LogP contribution in [-0.2, 0) is 0 Å². The standard InChI is InChI=1S/C15H15N3O2/c1-11(12-5-7-14(20-2)8-6-12)17-18-15(19)13-4-3-9-16-10-13/h3-10,17H,1H2,2H3,(H,18,19). The van der Waals surface area contributed by atoms with Gasteiger partial charge in [-0.25, -0.2) is 0 Å². The number of ether oxygens (including phenoxy) is 1. The molecule has 0 radical (unpaired) electrons. The van der Waals surface area contributed by atoms with E-state index in [2.05, 4.69) is 22.4 Å². The number of pyridine rings is 1. The third-order valence-electron chi connectivity index (χ3n) is 2.69.